The minimum absolute atomic E-state index is 0.00891. The second kappa shape index (κ2) is 9.19. The fraction of sp³-hybridized carbons (Fsp3) is 0.296. The Balaban J connectivity index is 1.12. The zero-order valence-electron chi connectivity index (χ0n) is 19.3. The van der Waals surface area contributed by atoms with Crippen LogP contribution in [0.25, 0.3) is 22.5 Å². The van der Waals surface area contributed by atoms with Crippen molar-refractivity contribution in [3.63, 3.8) is 0 Å². The highest BCUT2D eigenvalue weighted by molar-refractivity contribution is 7.10. The molecule has 6 rings (SSSR count). The van der Waals surface area contributed by atoms with Gasteiger partial charge in [-0.25, -0.2) is 4.98 Å². The smallest absolute Gasteiger partial charge is 0.267 e. The van der Waals surface area contributed by atoms with Crippen LogP contribution >= 0.6 is 11.3 Å². The molecule has 4 aromatic rings. The number of aromatic nitrogens is 2. The lowest BCUT2D eigenvalue weighted by Crippen LogP contribution is -2.48. The maximum absolute atomic E-state index is 13.1. The number of fused-ring (bicyclic) bond motifs is 1. The first-order valence-electron chi connectivity index (χ1n) is 11.8. The summed E-state index contributed by atoms with van der Waals surface area (Å²) >= 11 is 1.67. The molecule has 8 heteroatoms. The number of carbonyl (C=O) groups is 1. The van der Waals surface area contributed by atoms with Crippen molar-refractivity contribution in [2.75, 3.05) is 19.7 Å². The van der Waals surface area contributed by atoms with Crippen LogP contribution in [0, 0.1) is 6.92 Å². The van der Waals surface area contributed by atoms with Crippen LogP contribution in [-0.2, 0) is 4.79 Å². The van der Waals surface area contributed by atoms with E-state index in [2.05, 4.69) is 10.5 Å². The van der Waals surface area contributed by atoms with Gasteiger partial charge in [0.05, 0.1) is 16.3 Å². The third-order valence-corrected chi connectivity index (χ3v) is 7.64. The number of aryl methyl sites for hydroxylation is 1. The lowest BCUT2D eigenvalue weighted by molar-refractivity contribution is -0.142. The summed E-state index contributed by atoms with van der Waals surface area (Å²) in [5.41, 5.74) is 3.67. The number of para-hydroxylation sites is 2. The normalized spacial score (nSPS) is 18.0. The number of likely N-dealkylation sites (tertiary alicyclic amines) is 1. The van der Waals surface area contributed by atoms with Gasteiger partial charge in [0.1, 0.15) is 18.1 Å². The minimum atomic E-state index is -0.596. The number of thiazole rings is 1. The number of piperidine rings is 1. The van der Waals surface area contributed by atoms with E-state index in [-0.39, 0.29) is 12.5 Å². The molecule has 0 spiro atoms. The van der Waals surface area contributed by atoms with Gasteiger partial charge in [0, 0.05) is 30.0 Å². The highest BCUT2D eigenvalue weighted by Crippen LogP contribution is 2.38. The predicted octanol–water partition coefficient (Wildman–Crippen LogP) is 5.32. The lowest BCUT2D eigenvalue weighted by atomic mass is 9.97. The number of benzene rings is 2. The summed E-state index contributed by atoms with van der Waals surface area (Å²) in [6, 6.07) is 17.5. The van der Waals surface area contributed by atoms with Gasteiger partial charge in [0.25, 0.3) is 5.91 Å². The molecule has 0 aliphatic carbocycles. The second-order valence-corrected chi connectivity index (χ2v) is 9.75. The summed E-state index contributed by atoms with van der Waals surface area (Å²) in [4.78, 5) is 19.9. The van der Waals surface area contributed by atoms with Gasteiger partial charge in [-0.2, -0.15) is 0 Å². The fourth-order valence-corrected chi connectivity index (χ4v) is 5.73. The largest absolute Gasteiger partial charge is 0.485 e. The molecule has 0 saturated carbocycles. The quantitative estimate of drug-likeness (QED) is 0.388. The van der Waals surface area contributed by atoms with Crippen LogP contribution in [0.2, 0.25) is 0 Å². The van der Waals surface area contributed by atoms with E-state index in [4.69, 9.17) is 19.0 Å². The van der Waals surface area contributed by atoms with Crippen molar-refractivity contribution in [2.45, 2.75) is 31.8 Å². The summed E-state index contributed by atoms with van der Waals surface area (Å²) in [6.07, 6.45) is 1.15. The molecule has 1 atom stereocenters. The minimum Gasteiger partial charge on any atom is -0.485 e. The summed E-state index contributed by atoms with van der Waals surface area (Å²) in [7, 11) is 0. The maximum atomic E-state index is 13.1. The molecule has 4 heterocycles. The zero-order chi connectivity index (χ0) is 23.8. The molecule has 35 heavy (non-hydrogen) atoms. The predicted molar refractivity (Wildman–Crippen MR) is 133 cm³/mol. The summed E-state index contributed by atoms with van der Waals surface area (Å²) in [5.74, 6) is 2.39. The number of amides is 1. The zero-order valence-corrected chi connectivity index (χ0v) is 20.2. The average Bonchev–Trinajstić information content (AvgIpc) is 3.55. The van der Waals surface area contributed by atoms with Crippen molar-refractivity contribution in [3.8, 4) is 34.0 Å². The van der Waals surface area contributed by atoms with Gasteiger partial charge in [0.15, 0.2) is 11.5 Å². The van der Waals surface area contributed by atoms with E-state index >= 15 is 0 Å². The molecule has 2 aliphatic heterocycles. The van der Waals surface area contributed by atoms with Crippen molar-refractivity contribution < 1.29 is 18.8 Å². The number of carbonyl (C=O) groups excluding carboxylic acids is 1. The molecule has 2 aromatic heterocycles. The van der Waals surface area contributed by atoms with Gasteiger partial charge in [0.2, 0.25) is 6.10 Å². The molecule has 0 N–H and O–H groups in total. The number of nitrogens with zero attached hydrogens (tertiary/aromatic N) is 3. The highest BCUT2D eigenvalue weighted by atomic mass is 32.1. The molecule has 0 bridgehead atoms. The Morgan fingerprint density at radius 3 is 2.57 bits per heavy atom. The molecule has 178 valence electrons. The number of hydrogen-bond acceptors (Lipinski definition) is 7. The Kier molecular flexibility index (Phi) is 5.74. The van der Waals surface area contributed by atoms with E-state index in [9.17, 15) is 4.79 Å². The molecule has 7 nitrogen and oxygen atoms in total. The highest BCUT2D eigenvalue weighted by Gasteiger charge is 2.34. The number of hydrogen-bond donors (Lipinski definition) is 0. The first kappa shape index (κ1) is 21.9. The third kappa shape index (κ3) is 4.18. The van der Waals surface area contributed by atoms with Gasteiger partial charge in [-0.3, -0.25) is 4.79 Å². The van der Waals surface area contributed by atoms with E-state index in [0.717, 1.165) is 46.1 Å². The van der Waals surface area contributed by atoms with E-state index in [0.29, 0.717) is 30.5 Å². The molecule has 1 unspecified atom stereocenters. The standard InChI is InChI=1S/C27H25N3O4S/c1-17-24(25(29-34-17)18-7-3-2-4-8-18)20-16-35-26(28-20)19-11-13-30(14-12-19)27(31)23-15-32-21-9-5-6-10-22(21)33-23/h2-10,16,19,23H,11-15H2,1H3. The Morgan fingerprint density at radius 2 is 1.77 bits per heavy atom. The Labute approximate surface area is 207 Å². The van der Waals surface area contributed by atoms with Gasteiger partial charge in [-0.1, -0.05) is 47.6 Å². The number of ether oxygens (including phenoxy) is 2. The second-order valence-electron chi connectivity index (χ2n) is 8.86. The van der Waals surface area contributed by atoms with Crippen molar-refractivity contribution in [1.82, 2.24) is 15.0 Å². The molecule has 2 aliphatic rings. The van der Waals surface area contributed by atoms with E-state index in [1.54, 1.807) is 11.3 Å². The van der Waals surface area contributed by atoms with Gasteiger partial charge in [-0.05, 0) is 31.9 Å². The Hall–Kier alpha value is -3.65. The summed E-state index contributed by atoms with van der Waals surface area (Å²) in [5, 5.41) is 7.48. The number of rotatable bonds is 4. The maximum Gasteiger partial charge on any atom is 0.267 e. The topological polar surface area (TPSA) is 77.7 Å². The van der Waals surface area contributed by atoms with Crippen molar-refractivity contribution >= 4 is 17.2 Å². The monoisotopic (exact) mass is 487 g/mol. The van der Waals surface area contributed by atoms with Crippen LogP contribution in [0.3, 0.4) is 0 Å². The lowest BCUT2D eigenvalue weighted by Gasteiger charge is -2.34. The van der Waals surface area contributed by atoms with Crippen molar-refractivity contribution in [1.29, 1.82) is 0 Å². The van der Waals surface area contributed by atoms with Crippen molar-refractivity contribution in [2.24, 2.45) is 0 Å². The molecular formula is C27H25N3O4S. The van der Waals surface area contributed by atoms with Crippen LogP contribution < -0.4 is 9.47 Å². The molecule has 1 saturated heterocycles. The molecule has 2 aromatic carbocycles. The molecule has 0 radical (unpaired) electrons. The van der Waals surface area contributed by atoms with Crippen molar-refractivity contribution in [3.05, 3.63) is 70.7 Å². The first-order valence-corrected chi connectivity index (χ1v) is 12.7. The molecule has 1 amide bonds. The van der Waals surface area contributed by atoms with Crippen LogP contribution in [-0.4, -0.2) is 46.7 Å². The van der Waals surface area contributed by atoms with Gasteiger partial charge >= 0.3 is 0 Å². The first-order chi connectivity index (χ1) is 17.2. The average molecular weight is 488 g/mol. The fourth-order valence-electron chi connectivity index (χ4n) is 4.75. The van der Waals surface area contributed by atoms with E-state index in [1.165, 1.54) is 0 Å². The van der Waals surface area contributed by atoms with Crippen LogP contribution in [0.1, 0.15) is 29.5 Å². The summed E-state index contributed by atoms with van der Waals surface area (Å²) < 4.78 is 17.2. The Bertz CT molecular complexity index is 1340. The Morgan fingerprint density at radius 1 is 1.03 bits per heavy atom. The third-order valence-electron chi connectivity index (χ3n) is 6.63. The van der Waals surface area contributed by atoms with E-state index in [1.807, 2.05) is 66.4 Å². The van der Waals surface area contributed by atoms with Crippen LogP contribution in [0.4, 0.5) is 0 Å². The van der Waals surface area contributed by atoms with Gasteiger partial charge < -0.3 is 18.9 Å². The SMILES string of the molecule is Cc1onc(-c2ccccc2)c1-c1csc(C2CCN(C(=O)C3COc4ccccc4O3)CC2)n1. The van der Waals surface area contributed by atoms with Crippen LogP contribution in [0.15, 0.2) is 64.5 Å². The summed E-state index contributed by atoms with van der Waals surface area (Å²) in [6.45, 7) is 3.53. The molecule has 1 fully saturated rings. The molecular weight excluding hydrogens is 462 g/mol. The van der Waals surface area contributed by atoms with E-state index < -0.39 is 6.10 Å². The van der Waals surface area contributed by atoms with Crippen LogP contribution in [0.5, 0.6) is 11.5 Å². The van der Waals surface area contributed by atoms with Gasteiger partial charge in [-0.15, -0.1) is 11.3 Å².